The Kier molecular flexibility index (Phi) is 6.32. The van der Waals surface area contributed by atoms with E-state index in [-0.39, 0.29) is 29.2 Å². The summed E-state index contributed by atoms with van der Waals surface area (Å²) in [7, 11) is 0. The van der Waals surface area contributed by atoms with Crippen LogP contribution in [0.3, 0.4) is 0 Å². The second kappa shape index (κ2) is 9.35. The molecule has 9 heteroatoms. The van der Waals surface area contributed by atoms with Crippen molar-refractivity contribution < 1.29 is 23.5 Å². The minimum Gasteiger partial charge on any atom is -0.479 e. The molecule has 4 rings (SSSR count). The van der Waals surface area contributed by atoms with Crippen molar-refractivity contribution in [3.63, 3.8) is 0 Å². The summed E-state index contributed by atoms with van der Waals surface area (Å²) in [6, 6.07) is 10.8. The third kappa shape index (κ3) is 4.35. The number of hydrogen-bond donors (Lipinski definition) is 1. The highest BCUT2D eigenvalue weighted by Gasteiger charge is 2.44. The highest BCUT2D eigenvalue weighted by Crippen LogP contribution is 2.35. The summed E-state index contributed by atoms with van der Waals surface area (Å²) >= 11 is 0. The van der Waals surface area contributed by atoms with E-state index in [1.165, 1.54) is 11.8 Å². The zero-order valence-corrected chi connectivity index (χ0v) is 18.8. The number of amides is 4. The Bertz CT molecular complexity index is 1230. The summed E-state index contributed by atoms with van der Waals surface area (Å²) in [4.78, 5) is 40.2. The molecule has 0 aromatic heterocycles. The van der Waals surface area contributed by atoms with Crippen molar-refractivity contribution in [1.82, 2.24) is 10.2 Å². The average molecular weight is 462 g/mol. The minimum atomic E-state index is -1.02. The molecule has 34 heavy (non-hydrogen) atoms. The molecule has 2 aliphatic heterocycles. The first-order chi connectivity index (χ1) is 16.3. The largest absolute Gasteiger partial charge is 0.479 e. The number of carbonyl (C=O) groups is 3. The number of benzene rings is 2. The summed E-state index contributed by atoms with van der Waals surface area (Å²) < 4.78 is 20.5. The second-order valence-electron chi connectivity index (χ2n) is 8.18. The normalized spacial score (nSPS) is 16.0. The Balaban J connectivity index is 1.54. The predicted octanol–water partition coefficient (Wildman–Crippen LogP) is 3.54. The average Bonchev–Trinajstić information content (AvgIpc) is 3.09. The zero-order valence-electron chi connectivity index (χ0n) is 18.8. The molecule has 1 atom stereocenters. The predicted molar refractivity (Wildman–Crippen MR) is 121 cm³/mol. The Morgan fingerprint density at radius 1 is 1.26 bits per heavy atom. The van der Waals surface area contributed by atoms with Crippen LogP contribution in [0.1, 0.15) is 36.5 Å². The molecule has 0 spiro atoms. The van der Waals surface area contributed by atoms with Crippen LogP contribution in [0.5, 0.6) is 5.75 Å². The van der Waals surface area contributed by atoms with Gasteiger partial charge in [0.2, 0.25) is 0 Å². The molecular weight excluding hydrogens is 439 g/mol. The van der Waals surface area contributed by atoms with Crippen LogP contribution >= 0.6 is 0 Å². The van der Waals surface area contributed by atoms with Crippen LogP contribution in [0, 0.1) is 24.1 Å². The molecule has 0 aliphatic carbocycles. The number of nitrogens with zero attached hydrogens (tertiary/aromatic N) is 3. The van der Waals surface area contributed by atoms with Gasteiger partial charge in [-0.05, 0) is 38.3 Å². The Morgan fingerprint density at radius 3 is 2.68 bits per heavy atom. The van der Waals surface area contributed by atoms with Crippen LogP contribution in [0.2, 0.25) is 0 Å². The number of rotatable bonds is 6. The molecule has 174 valence electrons. The number of urea groups is 1. The lowest BCUT2D eigenvalue weighted by Gasteiger charge is -2.20. The van der Waals surface area contributed by atoms with Crippen LogP contribution in [-0.2, 0) is 16.1 Å². The highest BCUT2D eigenvalue weighted by molar-refractivity contribution is 6.27. The molecule has 2 aromatic carbocycles. The molecule has 8 nitrogen and oxygen atoms in total. The first kappa shape index (κ1) is 23.0. The smallest absolute Gasteiger partial charge is 0.336 e. The first-order valence-corrected chi connectivity index (χ1v) is 10.9. The minimum absolute atomic E-state index is 0.101. The number of carbonyl (C=O) groups excluding carboxylic acids is 3. The third-order valence-corrected chi connectivity index (χ3v) is 5.73. The van der Waals surface area contributed by atoms with Gasteiger partial charge in [0.05, 0.1) is 11.3 Å². The number of anilines is 1. The van der Waals surface area contributed by atoms with E-state index in [1.54, 1.807) is 6.08 Å². The van der Waals surface area contributed by atoms with E-state index >= 15 is 0 Å². The fraction of sp³-hybridized carbons (Fsp3) is 0.280. The van der Waals surface area contributed by atoms with E-state index in [2.05, 4.69) is 5.32 Å². The van der Waals surface area contributed by atoms with Crippen molar-refractivity contribution in [2.45, 2.75) is 39.3 Å². The lowest BCUT2D eigenvalue weighted by atomic mass is 10.1. The van der Waals surface area contributed by atoms with Gasteiger partial charge in [0.1, 0.15) is 23.3 Å². The number of allylic oxidation sites excluding steroid dienone is 1. The van der Waals surface area contributed by atoms with Crippen molar-refractivity contribution in [1.29, 1.82) is 5.26 Å². The maximum Gasteiger partial charge on any atom is 0.336 e. The summed E-state index contributed by atoms with van der Waals surface area (Å²) in [6.45, 7) is 4.11. The number of imide groups is 1. The molecule has 1 unspecified atom stereocenters. The molecular formula is C25H23FN4O4. The second-order valence-corrected chi connectivity index (χ2v) is 8.18. The van der Waals surface area contributed by atoms with Gasteiger partial charge < -0.3 is 10.1 Å². The van der Waals surface area contributed by atoms with Crippen LogP contribution in [0.15, 0.2) is 48.2 Å². The van der Waals surface area contributed by atoms with Crippen molar-refractivity contribution >= 4 is 23.5 Å². The Hall–Kier alpha value is -4.19. The van der Waals surface area contributed by atoms with Crippen molar-refractivity contribution in [2.75, 3.05) is 11.4 Å². The third-order valence-electron chi connectivity index (χ3n) is 5.73. The van der Waals surface area contributed by atoms with Crippen LogP contribution < -0.4 is 15.0 Å². The molecule has 2 aliphatic rings. The summed E-state index contributed by atoms with van der Waals surface area (Å²) in [5, 5.41) is 12.2. The van der Waals surface area contributed by atoms with Crippen molar-refractivity contribution in [2.24, 2.45) is 0 Å². The number of aryl methyl sites for hydroxylation is 1. The van der Waals surface area contributed by atoms with E-state index in [1.807, 2.05) is 37.3 Å². The van der Waals surface area contributed by atoms with Gasteiger partial charge in [-0.25, -0.2) is 14.1 Å². The fourth-order valence-electron chi connectivity index (χ4n) is 3.84. The topological polar surface area (TPSA) is 103 Å². The Morgan fingerprint density at radius 2 is 2.00 bits per heavy atom. The first-order valence-electron chi connectivity index (χ1n) is 10.9. The number of fused-ring (bicyclic) bond motifs is 1. The number of halogens is 1. The van der Waals surface area contributed by atoms with Gasteiger partial charge >= 0.3 is 6.03 Å². The molecule has 1 N–H and O–H groups in total. The number of nitrogens with one attached hydrogen (secondary N) is 1. The molecule has 2 heterocycles. The maximum atomic E-state index is 14.9. The molecule has 4 amide bonds. The van der Waals surface area contributed by atoms with Crippen molar-refractivity contribution in [3.05, 3.63) is 70.7 Å². The highest BCUT2D eigenvalue weighted by atomic mass is 19.1. The van der Waals surface area contributed by atoms with E-state index in [9.17, 15) is 24.0 Å². The van der Waals surface area contributed by atoms with E-state index in [0.29, 0.717) is 19.4 Å². The summed E-state index contributed by atoms with van der Waals surface area (Å²) in [5.41, 5.74) is 1.74. The SMILES string of the molecule is Cc1ccc(CNC(=O)C(C)Oc2cc(N3C(=O)C4=CCCCN4C3=O)c(F)cc2C#N)cc1. The van der Waals surface area contributed by atoms with Gasteiger partial charge in [0.15, 0.2) is 6.10 Å². The molecule has 1 fully saturated rings. The lowest BCUT2D eigenvalue weighted by molar-refractivity contribution is -0.127. The van der Waals surface area contributed by atoms with E-state index < -0.39 is 29.8 Å². The maximum absolute atomic E-state index is 14.9. The summed E-state index contributed by atoms with van der Waals surface area (Å²) in [5.74, 6) is -2.09. The molecule has 0 saturated carbocycles. The molecule has 2 aromatic rings. The van der Waals surface area contributed by atoms with Gasteiger partial charge in [-0.1, -0.05) is 35.9 Å². The van der Waals surface area contributed by atoms with Crippen LogP contribution in [0.25, 0.3) is 0 Å². The molecule has 0 bridgehead atoms. The molecule has 0 radical (unpaired) electrons. The van der Waals surface area contributed by atoms with E-state index in [4.69, 9.17) is 4.74 Å². The number of hydrogen-bond acceptors (Lipinski definition) is 5. The van der Waals surface area contributed by atoms with Gasteiger partial charge in [0, 0.05) is 19.2 Å². The summed E-state index contributed by atoms with van der Waals surface area (Å²) in [6.07, 6.45) is 1.99. The van der Waals surface area contributed by atoms with Gasteiger partial charge in [0.25, 0.3) is 11.8 Å². The zero-order chi connectivity index (χ0) is 24.4. The fourth-order valence-corrected chi connectivity index (χ4v) is 3.84. The van der Waals surface area contributed by atoms with Crippen molar-refractivity contribution in [3.8, 4) is 11.8 Å². The van der Waals surface area contributed by atoms with Gasteiger partial charge in [-0.15, -0.1) is 0 Å². The van der Waals surface area contributed by atoms with Crippen LogP contribution in [0.4, 0.5) is 14.9 Å². The number of ether oxygens (including phenoxy) is 1. The van der Waals surface area contributed by atoms with Crippen LogP contribution in [-0.4, -0.2) is 35.4 Å². The van der Waals surface area contributed by atoms with Gasteiger partial charge in [-0.3, -0.25) is 14.5 Å². The molecule has 1 saturated heterocycles. The standard InChI is InChI=1S/C25H23FN4O4/c1-15-6-8-17(9-7-15)14-28-23(31)16(2)34-22-12-21(19(26)11-18(22)13-27)30-24(32)20-5-3-4-10-29(20)25(30)33/h5-9,11-12,16H,3-4,10,14H2,1-2H3,(H,28,31). The van der Waals surface area contributed by atoms with Gasteiger partial charge in [-0.2, -0.15) is 5.26 Å². The Labute approximate surface area is 196 Å². The number of nitriles is 1. The monoisotopic (exact) mass is 462 g/mol. The quantitative estimate of drug-likeness (QED) is 0.662. The lowest BCUT2D eigenvalue weighted by Crippen LogP contribution is -2.36. The van der Waals surface area contributed by atoms with E-state index in [0.717, 1.165) is 28.2 Å².